The molecule has 3 aromatic rings. The normalized spacial score (nSPS) is 16.3. The van der Waals surface area contributed by atoms with Crippen molar-refractivity contribution < 1.29 is 23.1 Å². The number of hydrogen-bond acceptors (Lipinski definition) is 7. The van der Waals surface area contributed by atoms with Gasteiger partial charge in [0.05, 0.1) is 11.2 Å². The van der Waals surface area contributed by atoms with E-state index in [0.29, 0.717) is 28.4 Å². The van der Waals surface area contributed by atoms with Crippen LogP contribution in [0.15, 0.2) is 50.5 Å². The fourth-order valence-corrected chi connectivity index (χ4v) is 5.37. The van der Waals surface area contributed by atoms with Gasteiger partial charge in [-0.2, -0.15) is 8.42 Å². The molecular weight excluding hydrogens is 496 g/mol. The van der Waals surface area contributed by atoms with Gasteiger partial charge in [-0.25, -0.2) is 0 Å². The van der Waals surface area contributed by atoms with Crippen LogP contribution in [0.25, 0.3) is 10.9 Å². The van der Waals surface area contributed by atoms with Crippen molar-refractivity contribution in [2.45, 2.75) is 30.7 Å². The van der Waals surface area contributed by atoms with Crippen molar-refractivity contribution in [3.8, 4) is 11.5 Å². The van der Waals surface area contributed by atoms with E-state index < -0.39 is 33.8 Å². The molecule has 1 amide bonds. The van der Waals surface area contributed by atoms with Crippen LogP contribution < -0.4 is 21.3 Å². The summed E-state index contributed by atoms with van der Waals surface area (Å²) in [4.78, 5) is 24.3. The standard InChI is InChI=1S/C23H21ClN4O6S/c24-13-3-6-17-15(9-13)21(30)20(23(31)28(17)8-7-12-1-2-12)22-26-16-5-4-14(34-11-19(25)29)10-18(16)35(32,33)27-22/h3-6,9-10,12,30H,1-2,7-8,11H2,(H2,25,29)(H,26,27). The maximum Gasteiger partial charge on any atom is 0.286 e. The molecule has 35 heavy (non-hydrogen) atoms. The number of hydrogen-bond donors (Lipinski definition) is 3. The number of ether oxygens (including phenoxy) is 1. The number of amides is 1. The second-order valence-electron chi connectivity index (χ2n) is 8.53. The highest BCUT2D eigenvalue weighted by atomic mass is 35.5. The molecule has 0 atom stereocenters. The summed E-state index contributed by atoms with van der Waals surface area (Å²) >= 11 is 6.15. The van der Waals surface area contributed by atoms with Crippen molar-refractivity contribution in [1.29, 1.82) is 0 Å². The van der Waals surface area contributed by atoms with E-state index in [0.717, 1.165) is 19.3 Å². The Morgan fingerprint density at radius 2 is 2.03 bits per heavy atom. The predicted molar refractivity (Wildman–Crippen MR) is 131 cm³/mol. The van der Waals surface area contributed by atoms with Gasteiger partial charge in [0.2, 0.25) is 0 Å². The fourth-order valence-electron chi connectivity index (χ4n) is 4.06. The Kier molecular flexibility index (Phi) is 5.68. The highest BCUT2D eigenvalue weighted by Gasteiger charge is 2.31. The van der Waals surface area contributed by atoms with Crippen molar-refractivity contribution in [1.82, 2.24) is 4.57 Å². The van der Waals surface area contributed by atoms with Crippen LogP contribution in [-0.2, 0) is 21.4 Å². The van der Waals surface area contributed by atoms with E-state index >= 15 is 0 Å². The summed E-state index contributed by atoms with van der Waals surface area (Å²) in [6, 6.07) is 8.88. The number of amidine groups is 1. The van der Waals surface area contributed by atoms with Crippen LogP contribution in [0, 0.1) is 5.92 Å². The molecule has 5 rings (SSSR count). The molecule has 0 bridgehead atoms. The summed E-state index contributed by atoms with van der Waals surface area (Å²) < 4.78 is 36.5. The van der Waals surface area contributed by atoms with E-state index in [-0.39, 0.29) is 27.7 Å². The molecule has 0 spiro atoms. The third-order valence-corrected chi connectivity index (χ3v) is 7.52. The van der Waals surface area contributed by atoms with Crippen molar-refractivity contribution >= 4 is 50.0 Å². The molecule has 1 saturated carbocycles. The quantitative estimate of drug-likeness (QED) is 0.436. The molecule has 10 nitrogen and oxygen atoms in total. The molecule has 0 saturated heterocycles. The van der Waals surface area contributed by atoms with Gasteiger partial charge in [-0.3, -0.25) is 9.59 Å². The maximum atomic E-state index is 13.5. The number of primary amides is 1. The van der Waals surface area contributed by atoms with Gasteiger partial charge < -0.3 is 25.5 Å². The molecule has 2 aromatic carbocycles. The van der Waals surface area contributed by atoms with Crippen LogP contribution in [-0.4, -0.2) is 36.4 Å². The molecule has 2 heterocycles. The van der Waals surface area contributed by atoms with E-state index in [4.69, 9.17) is 22.1 Å². The molecule has 1 fully saturated rings. The van der Waals surface area contributed by atoms with Crippen molar-refractivity contribution in [3.05, 3.63) is 57.3 Å². The number of aromatic nitrogens is 1. The topological polar surface area (TPSA) is 153 Å². The van der Waals surface area contributed by atoms with Gasteiger partial charge in [0.15, 0.2) is 12.4 Å². The van der Waals surface area contributed by atoms with Gasteiger partial charge in [0.1, 0.15) is 22.0 Å². The zero-order valence-corrected chi connectivity index (χ0v) is 19.9. The number of pyridine rings is 1. The highest BCUT2D eigenvalue weighted by molar-refractivity contribution is 7.90. The monoisotopic (exact) mass is 516 g/mol. The number of sulfonamides is 1. The van der Waals surface area contributed by atoms with Crippen LogP contribution in [0.4, 0.5) is 5.69 Å². The summed E-state index contributed by atoms with van der Waals surface area (Å²) in [6.45, 7) is -0.0131. The molecule has 1 aromatic heterocycles. The van der Waals surface area contributed by atoms with E-state index in [9.17, 15) is 23.1 Å². The smallest absolute Gasteiger partial charge is 0.286 e. The zero-order valence-electron chi connectivity index (χ0n) is 18.3. The number of fused-ring (bicyclic) bond motifs is 2. The summed E-state index contributed by atoms with van der Waals surface area (Å²) in [5.74, 6) is -0.773. The number of nitrogens with zero attached hydrogens (tertiary/aromatic N) is 2. The first kappa shape index (κ1) is 23.2. The van der Waals surface area contributed by atoms with Crippen LogP contribution in [0.3, 0.4) is 0 Å². The second-order valence-corrected chi connectivity index (χ2v) is 10.5. The number of benzene rings is 2. The second kappa shape index (κ2) is 8.58. The molecule has 4 N–H and O–H groups in total. The fraction of sp³-hybridized carbons (Fsp3) is 0.261. The lowest BCUT2D eigenvalue weighted by Gasteiger charge is -2.21. The van der Waals surface area contributed by atoms with E-state index in [1.54, 1.807) is 12.1 Å². The van der Waals surface area contributed by atoms with Crippen molar-refractivity contribution in [3.63, 3.8) is 0 Å². The third kappa shape index (κ3) is 4.44. The predicted octanol–water partition coefficient (Wildman–Crippen LogP) is 2.59. The first-order valence-electron chi connectivity index (χ1n) is 10.9. The first-order chi connectivity index (χ1) is 16.6. The summed E-state index contributed by atoms with van der Waals surface area (Å²) in [6.07, 6.45) is 3.01. The lowest BCUT2D eigenvalue weighted by molar-refractivity contribution is -0.119. The number of nitrogens with one attached hydrogen (secondary N) is 1. The first-order valence-corrected chi connectivity index (χ1v) is 12.7. The Morgan fingerprint density at radius 1 is 1.26 bits per heavy atom. The number of halogens is 1. The third-order valence-electron chi connectivity index (χ3n) is 5.97. The number of carbonyl (C=O) groups excluding carboxylic acids is 1. The average molecular weight is 517 g/mol. The van der Waals surface area contributed by atoms with Crippen LogP contribution >= 0.6 is 11.6 Å². The molecule has 1 aliphatic carbocycles. The maximum absolute atomic E-state index is 13.5. The van der Waals surface area contributed by atoms with Crippen LogP contribution in [0.2, 0.25) is 5.02 Å². The molecule has 0 unspecified atom stereocenters. The Hall–Kier alpha value is -3.57. The largest absolute Gasteiger partial charge is 0.506 e. The zero-order chi connectivity index (χ0) is 24.9. The molecule has 2 aliphatic rings. The summed E-state index contributed by atoms with van der Waals surface area (Å²) in [5, 5.41) is 14.6. The lowest BCUT2D eigenvalue weighted by atomic mass is 10.1. The van der Waals surface area contributed by atoms with Crippen molar-refractivity contribution in [2.24, 2.45) is 16.0 Å². The number of anilines is 1. The van der Waals surface area contributed by atoms with Crippen LogP contribution in [0.1, 0.15) is 24.8 Å². The number of carbonyl (C=O) groups is 1. The van der Waals surface area contributed by atoms with E-state index in [2.05, 4.69) is 9.71 Å². The van der Waals surface area contributed by atoms with Crippen LogP contribution in [0.5, 0.6) is 11.5 Å². The van der Waals surface area contributed by atoms with Gasteiger partial charge in [0, 0.05) is 23.0 Å². The number of aromatic hydroxyl groups is 1. The minimum Gasteiger partial charge on any atom is -0.506 e. The molecular formula is C23H21ClN4O6S. The van der Waals surface area contributed by atoms with E-state index in [1.165, 1.54) is 28.8 Å². The van der Waals surface area contributed by atoms with Gasteiger partial charge in [-0.05, 0) is 42.7 Å². The molecule has 0 radical (unpaired) electrons. The van der Waals surface area contributed by atoms with E-state index in [1.807, 2.05) is 0 Å². The Labute approximate surface area is 205 Å². The Morgan fingerprint density at radius 3 is 2.74 bits per heavy atom. The van der Waals surface area contributed by atoms with Crippen molar-refractivity contribution in [2.75, 3.05) is 11.9 Å². The lowest BCUT2D eigenvalue weighted by Crippen LogP contribution is -2.33. The number of aryl methyl sites for hydroxylation is 1. The SMILES string of the molecule is NC(=O)COc1ccc2c(c1)S(=O)(=O)N=C(c1c(O)c3cc(Cl)ccc3n(CCC3CC3)c1=O)N2. The molecule has 1 aliphatic heterocycles. The van der Waals surface area contributed by atoms with Gasteiger partial charge in [-0.1, -0.05) is 24.4 Å². The molecule has 12 heteroatoms. The number of rotatable bonds is 7. The minimum atomic E-state index is -4.28. The minimum absolute atomic E-state index is 0.109. The Balaban J connectivity index is 1.63. The average Bonchev–Trinajstić information content (AvgIpc) is 3.62. The Bertz CT molecular complexity index is 1580. The molecule has 182 valence electrons. The number of nitrogens with two attached hydrogens (primary N) is 1. The highest BCUT2D eigenvalue weighted by Crippen LogP contribution is 2.36. The summed E-state index contributed by atoms with van der Waals surface area (Å²) in [7, 11) is -4.28. The summed E-state index contributed by atoms with van der Waals surface area (Å²) in [5.41, 5.74) is 4.87. The van der Waals surface area contributed by atoms with Gasteiger partial charge >= 0.3 is 0 Å². The van der Waals surface area contributed by atoms with Gasteiger partial charge in [-0.15, -0.1) is 4.40 Å². The van der Waals surface area contributed by atoms with Gasteiger partial charge in [0.25, 0.3) is 21.5 Å².